The first-order valence-electron chi connectivity index (χ1n) is 12.2. The Morgan fingerprint density at radius 3 is 2.66 bits per heavy atom. The van der Waals surface area contributed by atoms with Crippen molar-refractivity contribution < 1.29 is 8.78 Å². The molecule has 2 aliphatic carbocycles. The van der Waals surface area contributed by atoms with Gasteiger partial charge in [0.2, 0.25) is 0 Å². The number of pyridine rings is 1. The fourth-order valence-electron chi connectivity index (χ4n) is 5.71. The lowest BCUT2D eigenvalue weighted by Crippen LogP contribution is -2.22. The minimum absolute atomic E-state index is 0.0589. The average molecular weight is 472 g/mol. The number of hydrogen-bond donors (Lipinski definition) is 4. The maximum Gasteiger partial charge on any atom is 0.173 e. The van der Waals surface area contributed by atoms with Crippen LogP contribution in [0.1, 0.15) is 36.6 Å². The van der Waals surface area contributed by atoms with Gasteiger partial charge in [-0.15, -0.1) is 6.42 Å². The Bertz CT molecular complexity index is 1430. The normalized spacial score (nSPS) is 22.6. The van der Waals surface area contributed by atoms with E-state index < -0.39 is 11.6 Å². The van der Waals surface area contributed by atoms with Gasteiger partial charge in [0.05, 0.1) is 16.9 Å². The summed E-state index contributed by atoms with van der Waals surface area (Å²) in [7, 11) is 0. The molecule has 2 saturated carbocycles. The highest BCUT2D eigenvalue weighted by atomic mass is 19.1. The van der Waals surface area contributed by atoms with Gasteiger partial charge in [0, 0.05) is 39.9 Å². The number of terminal acetylenes is 1. The summed E-state index contributed by atoms with van der Waals surface area (Å²) >= 11 is 0. The molecule has 2 unspecified atom stereocenters. The number of nitrogens with zero attached hydrogens (tertiary/aromatic N) is 1. The van der Waals surface area contributed by atoms with Crippen LogP contribution in [0.15, 0.2) is 24.3 Å². The number of halogens is 2. The number of aromatic nitrogens is 1. The van der Waals surface area contributed by atoms with Gasteiger partial charge in [-0.05, 0) is 67.8 Å². The number of rotatable bonds is 6. The van der Waals surface area contributed by atoms with E-state index in [9.17, 15) is 4.39 Å². The third kappa shape index (κ3) is 3.47. The number of benzene rings is 2. The molecule has 2 aromatic carbocycles. The SMILES string of the molecule is C#Cc1c(F)ccc2cc(N)cc(-c3nc(CC)c(C(=N)C4C5CNCC54)c(NC4CC4)c3F)c12. The average Bonchev–Trinajstić information content (AvgIpc) is 3.75. The smallest absolute Gasteiger partial charge is 0.173 e. The standard InChI is InChI=1S/C28H27F2N5/c1-3-16-20(29)8-5-13-9-14(31)10-17(22(13)16)27-25(30)28(34-15-6-7-15)24(21(4-2)35-27)26(32)23-18-11-33-12-19(18)23/h1,5,8-10,15,18-19,23,32-33H,4,6-7,11-12,31H2,2H3,(H,34,35). The van der Waals surface area contributed by atoms with Gasteiger partial charge in [0.15, 0.2) is 5.82 Å². The molecule has 3 fully saturated rings. The summed E-state index contributed by atoms with van der Waals surface area (Å²) in [5, 5.41) is 16.8. The first kappa shape index (κ1) is 22.0. The second kappa shape index (κ2) is 8.03. The maximum absolute atomic E-state index is 16.4. The summed E-state index contributed by atoms with van der Waals surface area (Å²) in [5.41, 5.74) is 9.11. The van der Waals surface area contributed by atoms with Crippen LogP contribution in [0.25, 0.3) is 22.0 Å². The first-order valence-corrected chi connectivity index (χ1v) is 12.2. The molecule has 178 valence electrons. The molecule has 0 spiro atoms. The monoisotopic (exact) mass is 471 g/mol. The summed E-state index contributed by atoms with van der Waals surface area (Å²) in [6.07, 6.45) is 8.11. The number of hydrogen-bond acceptors (Lipinski definition) is 5. The number of piperidine rings is 1. The van der Waals surface area contributed by atoms with Crippen LogP contribution in [-0.2, 0) is 6.42 Å². The number of aryl methyl sites for hydroxylation is 1. The van der Waals surface area contributed by atoms with Gasteiger partial charge in [0.1, 0.15) is 11.5 Å². The number of anilines is 2. The van der Waals surface area contributed by atoms with E-state index in [1.54, 1.807) is 18.2 Å². The highest BCUT2D eigenvalue weighted by Gasteiger charge is 2.55. The second-order valence-electron chi connectivity index (χ2n) is 9.90. The molecule has 7 heteroatoms. The van der Waals surface area contributed by atoms with E-state index in [1.165, 1.54) is 6.07 Å². The van der Waals surface area contributed by atoms with Crippen LogP contribution in [0.4, 0.5) is 20.2 Å². The molecule has 2 heterocycles. The van der Waals surface area contributed by atoms with Crippen molar-refractivity contribution in [3.63, 3.8) is 0 Å². The molecule has 3 aromatic rings. The van der Waals surface area contributed by atoms with Crippen LogP contribution in [0, 0.1) is 47.1 Å². The summed E-state index contributed by atoms with van der Waals surface area (Å²) in [5.74, 6) is 2.33. The zero-order valence-corrected chi connectivity index (χ0v) is 19.5. The number of fused-ring (bicyclic) bond motifs is 2. The number of nitrogen functional groups attached to an aromatic ring is 1. The van der Waals surface area contributed by atoms with Crippen molar-refractivity contribution in [2.75, 3.05) is 24.1 Å². The van der Waals surface area contributed by atoms with Crippen molar-refractivity contribution in [1.29, 1.82) is 5.41 Å². The zero-order valence-electron chi connectivity index (χ0n) is 19.5. The van der Waals surface area contributed by atoms with Crippen molar-refractivity contribution in [1.82, 2.24) is 10.3 Å². The highest BCUT2D eigenvalue weighted by molar-refractivity contribution is 6.09. The Labute approximate surface area is 203 Å². The molecule has 35 heavy (non-hydrogen) atoms. The maximum atomic E-state index is 16.4. The van der Waals surface area contributed by atoms with Crippen molar-refractivity contribution >= 4 is 27.9 Å². The molecule has 1 saturated heterocycles. The van der Waals surface area contributed by atoms with Crippen molar-refractivity contribution in [2.45, 2.75) is 32.2 Å². The topological polar surface area (TPSA) is 86.8 Å². The lowest BCUT2D eigenvalue weighted by Gasteiger charge is -2.21. The van der Waals surface area contributed by atoms with Gasteiger partial charge in [-0.3, -0.25) is 0 Å². The van der Waals surface area contributed by atoms with Gasteiger partial charge >= 0.3 is 0 Å². The molecule has 5 N–H and O–H groups in total. The molecule has 2 atom stereocenters. The molecule has 6 rings (SSSR count). The highest BCUT2D eigenvalue weighted by Crippen LogP contribution is 2.52. The zero-order chi connectivity index (χ0) is 24.4. The predicted octanol–water partition coefficient (Wildman–Crippen LogP) is 4.71. The van der Waals surface area contributed by atoms with Gasteiger partial charge in [-0.2, -0.15) is 0 Å². The lowest BCUT2D eigenvalue weighted by atomic mass is 9.92. The lowest BCUT2D eigenvalue weighted by molar-refractivity contribution is 0.624. The molecular weight excluding hydrogens is 444 g/mol. The Balaban J connectivity index is 1.59. The number of nitrogens with two attached hydrogens (primary N) is 1. The van der Waals surface area contributed by atoms with E-state index in [-0.39, 0.29) is 23.2 Å². The van der Waals surface area contributed by atoms with E-state index >= 15 is 4.39 Å². The second-order valence-corrected chi connectivity index (χ2v) is 9.90. The van der Waals surface area contributed by atoms with Crippen LogP contribution in [0.5, 0.6) is 0 Å². The Morgan fingerprint density at radius 2 is 2.00 bits per heavy atom. The summed E-state index contributed by atoms with van der Waals surface area (Å²) in [6.45, 7) is 3.75. The third-order valence-corrected chi connectivity index (χ3v) is 7.66. The largest absolute Gasteiger partial charge is 0.399 e. The van der Waals surface area contributed by atoms with Gasteiger partial charge in [0.25, 0.3) is 0 Å². The number of nitrogens with one attached hydrogen (secondary N) is 3. The van der Waals surface area contributed by atoms with Crippen molar-refractivity contribution in [3.05, 3.63) is 52.7 Å². The molecule has 0 bridgehead atoms. The Hall–Kier alpha value is -3.50. The minimum atomic E-state index is -0.550. The Morgan fingerprint density at radius 1 is 1.26 bits per heavy atom. The fourth-order valence-corrected chi connectivity index (χ4v) is 5.71. The predicted molar refractivity (Wildman–Crippen MR) is 136 cm³/mol. The van der Waals surface area contributed by atoms with Crippen LogP contribution in [0.2, 0.25) is 0 Å². The summed E-state index contributed by atoms with van der Waals surface area (Å²) < 4.78 is 31.1. The van der Waals surface area contributed by atoms with Gasteiger partial charge in [-0.25, -0.2) is 13.8 Å². The van der Waals surface area contributed by atoms with Crippen LogP contribution < -0.4 is 16.4 Å². The molecule has 1 aromatic heterocycles. The fraction of sp³-hybridized carbons (Fsp3) is 0.357. The molecule has 3 aliphatic rings. The third-order valence-electron chi connectivity index (χ3n) is 7.66. The van der Waals surface area contributed by atoms with E-state index in [2.05, 4.69) is 16.6 Å². The van der Waals surface area contributed by atoms with Crippen LogP contribution in [0.3, 0.4) is 0 Å². The van der Waals surface area contributed by atoms with Crippen LogP contribution in [-0.4, -0.2) is 29.8 Å². The molecule has 1 aliphatic heterocycles. The van der Waals surface area contributed by atoms with Crippen LogP contribution >= 0.6 is 0 Å². The van der Waals surface area contributed by atoms with E-state index in [0.29, 0.717) is 62.9 Å². The van der Waals surface area contributed by atoms with Crippen molar-refractivity contribution in [2.24, 2.45) is 17.8 Å². The molecule has 0 radical (unpaired) electrons. The summed E-state index contributed by atoms with van der Waals surface area (Å²) in [6, 6.07) is 6.37. The van der Waals surface area contributed by atoms with Gasteiger partial charge in [-0.1, -0.05) is 18.9 Å². The Kier molecular flexibility index (Phi) is 5.05. The van der Waals surface area contributed by atoms with Gasteiger partial charge < -0.3 is 21.8 Å². The first-order chi connectivity index (χ1) is 16.9. The van der Waals surface area contributed by atoms with E-state index in [1.807, 2.05) is 6.92 Å². The van der Waals surface area contributed by atoms with E-state index in [4.69, 9.17) is 22.6 Å². The van der Waals surface area contributed by atoms with E-state index in [0.717, 1.165) is 25.9 Å². The van der Waals surface area contributed by atoms with Crippen molar-refractivity contribution in [3.8, 4) is 23.6 Å². The molecule has 5 nitrogen and oxygen atoms in total. The quantitative estimate of drug-likeness (QED) is 0.238. The molecule has 0 amide bonds. The molecular formula is C28H27F2N5. The minimum Gasteiger partial charge on any atom is -0.399 e. The summed E-state index contributed by atoms with van der Waals surface area (Å²) in [4.78, 5) is 4.75.